The second kappa shape index (κ2) is 6.38. The maximum Gasteiger partial charge on any atom is 0.226 e. The average Bonchev–Trinajstić information content (AvgIpc) is 2.92. The van der Waals surface area contributed by atoms with Crippen LogP contribution in [0.5, 0.6) is 11.5 Å². The molecule has 0 amide bonds. The molecule has 2 rings (SSSR count). The number of methoxy groups -OCH3 is 1. The van der Waals surface area contributed by atoms with Crippen molar-refractivity contribution in [3.05, 3.63) is 35.5 Å². The number of nitrogens with zero attached hydrogens (tertiary/aromatic N) is 2. The monoisotopic (exact) mass is 278 g/mol. The summed E-state index contributed by atoms with van der Waals surface area (Å²) in [5.74, 6) is 2.20. The minimum Gasteiger partial charge on any atom is -0.493 e. The van der Waals surface area contributed by atoms with Crippen molar-refractivity contribution in [3.8, 4) is 11.5 Å². The van der Waals surface area contributed by atoms with E-state index in [0.717, 1.165) is 5.56 Å². The predicted molar refractivity (Wildman–Crippen MR) is 71.6 cm³/mol. The van der Waals surface area contributed by atoms with E-state index in [2.05, 4.69) is 10.1 Å². The highest BCUT2D eigenvalue weighted by atomic mass is 16.5. The van der Waals surface area contributed by atoms with E-state index in [1.807, 2.05) is 6.92 Å². The van der Waals surface area contributed by atoms with Crippen molar-refractivity contribution in [1.29, 1.82) is 0 Å². The smallest absolute Gasteiger partial charge is 0.226 e. The van der Waals surface area contributed by atoms with E-state index in [0.29, 0.717) is 29.6 Å². The van der Waals surface area contributed by atoms with E-state index in [1.54, 1.807) is 32.2 Å². The van der Waals surface area contributed by atoms with Gasteiger partial charge in [-0.2, -0.15) is 4.98 Å². The van der Waals surface area contributed by atoms with Crippen LogP contribution in [0.15, 0.2) is 22.7 Å². The lowest BCUT2D eigenvalue weighted by molar-refractivity contribution is 0.198. The molecule has 0 aliphatic heterocycles. The summed E-state index contributed by atoms with van der Waals surface area (Å²) in [4.78, 5) is 4.16. The molecule has 6 heteroatoms. The molecule has 0 fully saturated rings. The van der Waals surface area contributed by atoms with Crippen LogP contribution >= 0.6 is 0 Å². The molecule has 0 spiro atoms. The summed E-state index contributed by atoms with van der Waals surface area (Å²) in [6.45, 7) is 3.84. The van der Waals surface area contributed by atoms with Crippen molar-refractivity contribution in [2.45, 2.75) is 33.0 Å². The fourth-order valence-corrected chi connectivity index (χ4v) is 1.70. The van der Waals surface area contributed by atoms with Crippen LogP contribution in [0.1, 0.15) is 37.2 Å². The van der Waals surface area contributed by atoms with E-state index in [1.165, 1.54) is 0 Å². The number of aromatic nitrogens is 2. The third-order valence-electron chi connectivity index (χ3n) is 2.84. The molecule has 108 valence electrons. The Balaban J connectivity index is 2.08. The van der Waals surface area contributed by atoms with E-state index in [4.69, 9.17) is 14.0 Å². The zero-order chi connectivity index (χ0) is 14.5. The van der Waals surface area contributed by atoms with Gasteiger partial charge in [0.2, 0.25) is 11.7 Å². The largest absolute Gasteiger partial charge is 0.493 e. The number of rotatable bonds is 6. The summed E-state index contributed by atoms with van der Waals surface area (Å²) < 4.78 is 15.9. The van der Waals surface area contributed by atoms with Crippen molar-refractivity contribution in [2.24, 2.45) is 0 Å². The lowest BCUT2D eigenvalue weighted by Gasteiger charge is -2.12. The zero-order valence-corrected chi connectivity index (χ0v) is 11.8. The van der Waals surface area contributed by atoms with E-state index < -0.39 is 6.10 Å². The first-order chi connectivity index (χ1) is 9.63. The summed E-state index contributed by atoms with van der Waals surface area (Å²) in [6, 6.07) is 5.28. The number of aliphatic hydroxyl groups is 1. The molecule has 0 saturated carbocycles. The average molecular weight is 278 g/mol. The van der Waals surface area contributed by atoms with Gasteiger partial charge in [0.15, 0.2) is 18.1 Å². The van der Waals surface area contributed by atoms with Gasteiger partial charge >= 0.3 is 0 Å². The Labute approximate surface area is 117 Å². The van der Waals surface area contributed by atoms with Crippen molar-refractivity contribution < 1.29 is 19.1 Å². The fraction of sp³-hybridized carbons (Fsp3) is 0.429. The van der Waals surface area contributed by atoms with Crippen LogP contribution in [0.4, 0.5) is 0 Å². The molecule has 0 saturated heterocycles. The second-order valence-corrected chi connectivity index (χ2v) is 4.33. The first-order valence-electron chi connectivity index (χ1n) is 6.44. The highest BCUT2D eigenvalue weighted by molar-refractivity contribution is 5.43. The van der Waals surface area contributed by atoms with Crippen LogP contribution in [0.2, 0.25) is 0 Å². The number of ether oxygens (including phenoxy) is 2. The SMILES string of the molecule is CCc1nc(COc2ccc([C@@H](C)O)cc2OC)no1. The number of aliphatic hydroxyl groups excluding tert-OH is 1. The number of benzene rings is 1. The molecular formula is C14H18N2O4. The van der Waals surface area contributed by atoms with Crippen molar-refractivity contribution in [3.63, 3.8) is 0 Å². The highest BCUT2D eigenvalue weighted by Crippen LogP contribution is 2.30. The Morgan fingerprint density at radius 3 is 2.75 bits per heavy atom. The van der Waals surface area contributed by atoms with Gasteiger partial charge in [-0.25, -0.2) is 0 Å². The van der Waals surface area contributed by atoms with E-state index in [-0.39, 0.29) is 6.61 Å². The molecule has 0 radical (unpaired) electrons. The first-order valence-corrected chi connectivity index (χ1v) is 6.44. The normalized spacial score (nSPS) is 12.2. The van der Waals surface area contributed by atoms with Gasteiger partial charge in [0.1, 0.15) is 0 Å². The summed E-state index contributed by atoms with van der Waals surface area (Å²) in [6.07, 6.45) is 0.140. The summed E-state index contributed by atoms with van der Waals surface area (Å²) in [5.41, 5.74) is 0.766. The first kappa shape index (κ1) is 14.3. The summed E-state index contributed by atoms with van der Waals surface area (Å²) in [7, 11) is 1.55. The Morgan fingerprint density at radius 2 is 2.15 bits per heavy atom. The van der Waals surface area contributed by atoms with Gasteiger partial charge in [0.25, 0.3) is 0 Å². The Hall–Kier alpha value is -2.08. The Kier molecular flexibility index (Phi) is 4.57. The summed E-state index contributed by atoms with van der Waals surface area (Å²) >= 11 is 0. The van der Waals surface area contributed by atoms with E-state index in [9.17, 15) is 5.11 Å². The van der Waals surface area contributed by atoms with Gasteiger partial charge in [0, 0.05) is 6.42 Å². The van der Waals surface area contributed by atoms with Gasteiger partial charge in [-0.3, -0.25) is 0 Å². The predicted octanol–water partition coefficient (Wildman–Crippen LogP) is 2.27. The van der Waals surface area contributed by atoms with Crippen LogP contribution < -0.4 is 9.47 Å². The highest BCUT2D eigenvalue weighted by Gasteiger charge is 2.11. The van der Waals surface area contributed by atoms with Gasteiger partial charge < -0.3 is 19.1 Å². The van der Waals surface area contributed by atoms with Crippen molar-refractivity contribution >= 4 is 0 Å². The van der Waals surface area contributed by atoms with Crippen LogP contribution in [-0.2, 0) is 13.0 Å². The molecule has 2 aromatic rings. The van der Waals surface area contributed by atoms with Crippen molar-refractivity contribution in [2.75, 3.05) is 7.11 Å². The minimum atomic E-state index is -0.553. The molecule has 1 aromatic heterocycles. The number of aryl methyl sites for hydroxylation is 1. The molecule has 1 N–H and O–H groups in total. The standard InChI is InChI=1S/C14H18N2O4/c1-4-14-15-13(16-20-14)8-19-11-6-5-10(9(2)17)7-12(11)18-3/h5-7,9,17H,4,8H2,1-3H3/t9-/m1/s1. The van der Waals surface area contributed by atoms with E-state index >= 15 is 0 Å². The lowest BCUT2D eigenvalue weighted by Crippen LogP contribution is -2.01. The van der Waals surface area contributed by atoms with Gasteiger partial charge in [-0.15, -0.1) is 0 Å². The molecule has 0 aliphatic carbocycles. The van der Waals surface area contributed by atoms with Crippen LogP contribution in [0.25, 0.3) is 0 Å². The minimum absolute atomic E-state index is 0.202. The number of hydrogen-bond acceptors (Lipinski definition) is 6. The third kappa shape index (κ3) is 3.27. The molecule has 6 nitrogen and oxygen atoms in total. The third-order valence-corrected chi connectivity index (χ3v) is 2.84. The zero-order valence-electron chi connectivity index (χ0n) is 11.8. The molecular weight excluding hydrogens is 260 g/mol. The molecule has 1 heterocycles. The van der Waals surface area contributed by atoms with Gasteiger partial charge in [-0.05, 0) is 24.6 Å². The molecule has 20 heavy (non-hydrogen) atoms. The maximum absolute atomic E-state index is 9.54. The van der Waals surface area contributed by atoms with Crippen LogP contribution in [0, 0.1) is 0 Å². The van der Waals surface area contributed by atoms with Crippen LogP contribution in [-0.4, -0.2) is 22.4 Å². The maximum atomic E-state index is 9.54. The molecule has 1 atom stereocenters. The van der Waals surface area contributed by atoms with Gasteiger partial charge in [-0.1, -0.05) is 18.1 Å². The quantitative estimate of drug-likeness (QED) is 0.873. The Bertz CT molecular complexity index is 566. The molecule has 0 unspecified atom stereocenters. The molecule has 0 aliphatic rings. The van der Waals surface area contributed by atoms with Crippen molar-refractivity contribution in [1.82, 2.24) is 10.1 Å². The Morgan fingerprint density at radius 1 is 1.35 bits per heavy atom. The van der Waals surface area contributed by atoms with Crippen LogP contribution in [0.3, 0.4) is 0 Å². The summed E-state index contributed by atoms with van der Waals surface area (Å²) in [5, 5.41) is 13.4. The number of hydrogen-bond donors (Lipinski definition) is 1. The van der Waals surface area contributed by atoms with Gasteiger partial charge in [0.05, 0.1) is 13.2 Å². The topological polar surface area (TPSA) is 77.6 Å². The fourth-order valence-electron chi connectivity index (χ4n) is 1.70. The second-order valence-electron chi connectivity index (χ2n) is 4.33. The molecule has 0 bridgehead atoms. The lowest BCUT2D eigenvalue weighted by atomic mass is 10.1. The molecule has 1 aromatic carbocycles.